The molecule has 0 bridgehead atoms. The molecule has 6 heteroatoms. The maximum Gasteiger partial charge on any atom is 0.412 e. The summed E-state index contributed by atoms with van der Waals surface area (Å²) in [5.41, 5.74) is -0.454. The third-order valence-electron chi connectivity index (χ3n) is 1.66. The van der Waals surface area contributed by atoms with Crippen LogP contribution in [0, 0.1) is 0 Å². The lowest BCUT2D eigenvalue weighted by molar-refractivity contribution is -0.146. The lowest BCUT2D eigenvalue weighted by atomic mass is 10.2. The highest BCUT2D eigenvalue weighted by molar-refractivity contribution is 6.41. The summed E-state index contributed by atoms with van der Waals surface area (Å²) in [6.07, 6.45) is 1.50. The Kier molecular flexibility index (Phi) is 3.31. The van der Waals surface area contributed by atoms with E-state index in [0.717, 1.165) is 4.90 Å². The van der Waals surface area contributed by atoms with Gasteiger partial charge in [-0.2, -0.15) is 0 Å². The van der Waals surface area contributed by atoms with Gasteiger partial charge in [0.15, 0.2) is 0 Å². The Labute approximate surface area is 93.2 Å². The van der Waals surface area contributed by atoms with Crippen molar-refractivity contribution >= 4 is 17.8 Å². The van der Waals surface area contributed by atoms with Gasteiger partial charge in [0, 0.05) is 6.20 Å². The van der Waals surface area contributed by atoms with Crippen molar-refractivity contribution in [1.29, 1.82) is 0 Å². The van der Waals surface area contributed by atoms with Crippen molar-refractivity contribution in [3.05, 3.63) is 12.3 Å². The van der Waals surface area contributed by atoms with Gasteiger partial charge >= 0.3 is 12.1 Å². The van der Waals surface area contributed by atoms with Gasteiger partial charge in [0.1, 0.15) is 18.0 Å². The van der Waals surface area contributed by atoms with E-state index in [1.807, 2.05) is 0 Å². The van der Waals surface area contributed by atoms with Crippen LogP contribution >= 0.6 is 0 Å². The van der Waals surface area contributed by atoms with Crippen LogP contribution in [0.25, 0.3) is 0 Å². The molecule has 6 nitrogen and oxygen atoms in total. The first-order chi connectivity index (χ1) is 7.29. The highest BCUT2D eigenvalue weighted by Crippen LogP contribution is 2.09. The molecule has 0 saturated carbocycles. The van der Waals surface area contributed by atoms with Crippen LogP contribution in [0.3, 0.4) is 0 Å². The molecule has 1 aliphatic rings. The van der Waals surface area contributed by atoms with Crippen LogP contribution in [0.4, 0.5) is 4.79 Å². The van der Waals surface area contributed by atoms with Crippen LogP contribution in [0.2, 0.25) is 0 Å². The zero-order valence-corrected chi connectivity index (χ0v) is 9.43. The first kappa shape index (κ1) is 12.2. The standard InChI is InChI=1S/C10H14N2O4/c1-10(2,3)16-8(13)7-4-5-12(6-11-7)9(14)15/h4-5H,6H2,1-3H3,(H,14,15). The van der Waals surface area contributed by atoms with E-state index in [0.29, 0.717) is 0 Å². The van der Waals surface area contributed by atoms with Gasteiger partial charge in [0.2, 0.25) is 0 Å². The Morgan fingerprint density at radius 3 is 2.50 bits per heavy atom. The smallest absolute Gasteiger partial charge is 0.412 e. The summed E-state index contributed by atoms with van der Waals surface area (Å²) < 4.78 is 5.09. The van der Waals surface area contributed by atoms with Crippen LogP contribution in [-0.2, 0) is 9.53 Å². The molecule has 1 rings (SSSR count). The molecule has 0 aliphatic carbocycles. The zero-order valence-electron chi connectivity index (χ0n) is 9.43. The number of nitrogens with zero attached hydrogens (tertiary/aromatic N) is 2. The molecule has 0 aromatic carbocycles. The Bertz CT molecular complexity index is 366. The minimum absolute atomic E-state index is 0.0829. The number of hydrogen-bond acceptors (Lipinski definition) is 4. The number of carboxylic acid groups (broad SMARTS) is 1. The predicted octanol–water partition coefficient (Wildman–Crippen LogP) is 1.23. The van der Waals surface area contributed by atoms with Gasteiger partial charge in [0.25, 0.3) is 0 Å². The molecular weight excluding hydrogens is 212 g/mol. The topological polar surface area (TPSA) is 79.2 Å². The first-order valence-electron chi connectivity index (χ1n) is 4.75. The second kappa shape index (κ2) is 4.34. The van der Waals surface area contributed by atoms with E-state index >= 15 is 0 Å². The molecule has 0 unspecified atom stereocenters. The third-order valence-corrected chi connectivity index (χ3v) is 1.66. The fourth-order valence-corrected chi connectivity index (χ4v) is 1.00. The quantitative estimate of drug-likeness (QED) is 0.682. The Morgan fingerprint density at radius 1 is 1.50 bits per heavy atom. The van der Waals surface area contributed by atoms with Gasteiger partial charge in [-0.3, -0.25) is 9.89 Å². The zero-order chi connectivity index (χ0) is 12.3. The van der Waals surface area contributed by atoms with E-state index in [-0.39, 0.29) is 12.4 Å². The normalized spacial score (nSPS) is 15.7. The summed E-state index contributed by atoms with van der Waals surface area (Å²) in [4.78, 5) is 26.9. The van der Waals surface area contributed by atoms with Crippen LogP contribution in [0.1, 0.15) is 20.8 Å². The summed E-state index contributed by atoms with van der Waals surface area (Å²) >= 11 is 0. The van der Waals surface area contributed by atoms with E-state index in [1.54, 1.807) is 20.8 Å². The van der Waals surface area contributed by atoms with Crippen molar-refractivity contribution in [3.63, 3.8) is 0 Å². The average molecular weight is 226 g/mol. The molecule has 0 spiro atoms. The molecule has 88 valence electrons. The number of hydrogen-bond donors (Lipinski definition) is 1. The summed E-state index contributed by atoms with van der Waals surface area (Å²) in [5.74, 6) is -0.547. The van der Waals surface area contributed by atoms with Crippen LogP contribution in [0.15, 0.2) is 17.3 Å². The molecule has 0 saturated heterocycles. The van der Waals surface area contributed by atoms with Gasteiger partial charge in [-0.1, -0.05) is 0 Å². The number of carbonyl (C=O) groups excluding carboxylic acids is 1. The molecule has 0 fully saturated rings. The van der Waals surface area contributed by atoms with Crippen molar-refractivity contribution in [1.82, 2.24) is 4.90 Å². The van der Waals surface area contributed by atoms with E-state index in [1.165, 1.54) is 12.3 Å². The first-order valence-corrected chi connectivity index (χ1v) is 4.75. The molecule has 0 atom stereocenters. The fraction of sp³-hybridized carbons (Fsp3) is 0.500. The van der Waals surface area contributed by atoms with E-state index in [4.69, 9.17) is 9.84 Å². The van der Waals surface area contributed by atoms with E-state index < -0.39 is 17.7 Å². The summed E-state index contributed by atoms with van der Waals surface area (Å²) in [5, 5.41) is 8.64. The fourth-order valence-electron chi connectivity index (χ4n) is 1.00. The van der Waals surface area contributed by atoms with Gasteiger partial charge in [-0.15, -0.1) is 0 Å². The van der Waals surface area contributed by atoms with Crippen LogP contribution in [0.5, 0.6) is 0 Å². The highest BCUT2D eigenvalue weighted by atomic mass is 16.6. The molecule has 16 heavy (non-hydrogen) atoms. The van der Waals surface area contributed by atoms with Crippen LogP contribution < -0.4 is 0 Å². The SMILES string of the molecule is CC(C)(C)OC(=O)C1=NCN(C(=O)O)C=C1. The number of esters is 1. The maximum atomic E-state index is 11.5. The molecule has 1 aliphatic heterocycles. The molecule has 1 amide bonds. The van der Waals surface area contributed by atoms with Crippen molar-refractivity contribution in [2.24, 2.45) is 4.99 Å². The number of ether oxygens (including phenoxy) is 1. The Balaban J connectivity index is 2.63. The molecule has 0 aromatic rings. The summed E-state index contributed by atoms with van der Waals surface area (Å²) in [6.45, 7) is 5.17. The maximum absolute atomic E-state index is 11.5. The largest absolute Gasteiger partial charge is 0.465 e. The molecule has 1 heterocycles. The van der Waals surface area contributed by atoms with Gasteiger partial charge in [-0.05, 0) is 26.8 Å². The van der Waals surface area contributed by atoms with Gasteiger partial charge in [-0.25, -0.2) is 9.59 Å². The molecule has 0 aromatic heterocycles. The molecule has 1 N–H and O–H groups in total. The molecule has 0 radical (unpaired) electrons. The lowest BCUT2D eigenvalue weighted by Gasteiger charge is -2.21. The van der Waals surface area contributed by atoms with Crippen LogP contribution in [-0.4, -0.2) is 40.1 Å². The number of amides is 1. The number of carbonyl (C=O) groups is 2. The Hall–Kier alpha value is -1.85. The van der Waals surface area contributed by atoms with Crippen molar-refractivity contribution in [3.8, 4) is 0 Å². The van der Waals surface area contributed by atoms with E-state index in [9.17, 15) is 9.59 Å². The minimum atomic E-state index is -1.11. The van der Waals surface area contributed by atoms with E-state index in [2.05, 4.69) is 4.99 Å². The second-order valence-electron chi connectivity index (χ2n) is 4.25. The Morgan fingerprint density at radius 2 is 2.12 bits per heavy atom. The van der Waals surface area contributed by atoms with Gasteiger partial charge in [0.05, 0.1) is 0 Å². The monoisotopic (exact) mass is 226 g/mol. The third kappa shape index (κ3) is 3.38. The highest BCUT2D eigenvalue weighted by Gasteiger charge is 2.22. The summed E-state index contributed by atoms with van der Waals surface area (Å²) in [6, 6.07) is 0. The van der Waals surface area contributed by atoms with Gasteiger partial charge < -0.3 is 9.84 Å². The summed E-state index contributed by atoms with van der Waals surface area (Å²) in [7, 11) is 0. The minimum Gasteiger partial charge on any atom is -0.465 e. The average Bonchev–Trinajstić information content (AvgIpc) is 2.15. The van der Waals surface area contributed by atoms with Crippen molar-refractivity contribution in [2.75, 3.05) is 6.67 Å². The number of aliphatic imine (C=N–C) groups is 1. The predicted molar refractivity (Wildman–Crippen MR) is 57.2 cm³/mol. The lowest BCUT2D eigenvalue weighted by Crippen LogP contribution is -2.33. The second-order valence-corrected chi connectivity index (χ2v) is 4.25. The number of rotatable bonds is 1. The van der Waals surface area contributed by atoms with Crippen molar-refractivity contribution < 1.29 is 19.4 Å². The molecular formula is C10H14N2O4. The van der Waals surface area contributed by atoms with Crippen molar-refractivity contribution in [2.45, 2.75) is 26.4 Å².